The van der Waals surface area contributed by atoms with Crippen molar-refractivity contribution in [1.29, 1.82) is 5.41 Å². The van der Waals surface area contributed by atoms with E-state index in [9.17, 15) is 18.4 Å². The minimum absolute atomic E-state index is 0.0217. The first-order chi connectivity index (χ1) is 20.8. The molecular weight excluding hydrogens is 550 g/mol. The molecule has 3 aromatic carbocycles. The van der Waals surface area contributed by atoms with Gasteiger partial charge in [0.15, 0.2) is 5.96 Å². The predicted octanol–water partition coefficient (Wildman–Crippen LogP) is 3.75. The Balaban J connectivity index is 1.47. The summed E-state index contributed by atoms with van der Waals surface area (Å²) in [5, 5.41) is 16.4. The Kier molecular flexibility index (Phi) is 11.4. The van der Waals surface area contributed by atoms with Gasteiger partial charge in [0, 0.05) is 49.8 Å². The highest BCUT2D eigenvalue weighted by Crippen LogP contribution is 2.27. The third-order valence-corrected chi connectivity index (χ3v) is 7.51. The molecule has 6 N–H and O–H groups in total. The van der Waals surface area contributed by atoms with E-state index in [1.807, 2.05) is 41.3 Å². The fourth-order valence-electron chi connectivity index (χ4n) is 5.27. The first-order valence-corrected chi connectivity index (χ1v) is 14.4. The number of carbonyl (C=O) groups excluding carboxylic acids is 2. The van der Waals surface area contributed by atoms with E-state index >= 15 is 0 Å². The van der Waals surface area contributed by atoms with Gasteiger partial charge in [-0.2, -0.15) is 0 Å². The quantitative estimate of drug-likeness (QED) is 0.0955. The Morgan fingerprint density at radius 3 is 2.23 bits per heavy atom. The lowest BCUT2D eigenvalue weighted by Crippen LogP contribution is -2.49. The van der Waals surface area contributed by atoms with Crippen LogP contribution in [0.25, 0.3) is 6.08 Å². The number of nitrogens with zero attached hydrogens (tertiary/aromatic N) is 1. The number of carbonyl (C=O) groups is 2. The molecule has 0 bridgehead atoms. The zero-order chi connectivity index (χ0) is 30.6. The summed E-state index contributed by atoms with van der Waals surface area (Å²) in [6.45, 7) is 1.66. The second-order valence-electron chi connectivity index (χ2n) is 10.6. The summed E-state index contributed by atoms with van der Waals surface area (Å²) in [7, 11) is 0. The SMILES string of the molecule is N=C(N)NCCC[C@@H]1N[C@H](CNC(=O)/C=C/c2c(F)cccc2F)CCN(CC(c2ccccc2)c2ccccc2)C1=O. The molecule has 3 aromatic rings. The number of rotatable bonds is 12. The largest absolute Gasteiger partial charge is 0.370 e. The van der Waals surface area contributed by atoms with Crippen LogP contribution in [0.2, 0.25) is 0 Å². The number of nitrogens with one attached hydrogen (secondary N) is 4. The van der Waals surface area contributed by atoms with Crippen molar-refractivity contribution in [2.75, 3.05) is 26.2 Å². The topological polar surface area (TPSA) is 123 Å². The Morgan fingerprint density at radius 2 is 1.63 bits per heavy atom. The summed E-state index contributed by atoms with van der Waals surface area (Å²) in [5.74, 6) is -2.17. The van der Waals surface area contributed by atoms with Gasteiger partial charge < -0.3 is 26.6 Å². The molecule has 0 radical (unpaired) electrons. The molecule has 226 valence electrons. The van der Waals surface area contributed by atoms with Gasteiger partial charge in [-0.25, -0.2) is 8.78 Å². The Bertz CT molecular complexity index is 1340. The standard InChI is InChI=1S/C33H38F2N6O2/c34-28-13-7-14-29(35)26(28)16-17-31(42)39-21-25-18-20-41(32(43)30(40-25)15-8-19-38-33(36)37)22-27(23-9-3-1-4-10-23)24-11-5-2-6-12-24/h1-7,9-14,16-17,25,27,30,40H,8,15,18-22H2,(H,39,42)(H4,36,37,38)/b17-16+/t25-,30-/m0/s1. The highest BCUT2D eigenvalue weighted by Gasteiger charge is 2.32. The Hall–Kier alpha value is -4.57. The van der Waals surface area contributed by atoms with Gasteiger partial charge in [0.25, 0.3) is 0 Å². The fraction of sp³-hybridized carbons (Fsp3) is 0.303. The third kappa shape index (κ3) is 9.21. The zero-order valence-corrected chi connectivity index (χ0v) is 23.9. The van der Waals surface area contributed by atoms with Crippen LogP contribution in [0.1, 0.15) is 41.9 Å². The van der Waals surface area contributed by atoms with Crippen molar-refractivity contribution in [2.45, 2.75) is 37.3 Å². The van der Waals surface area contributed by atoms with E-state index in [1.54, 1.807) is 0 Å². The lowest BCUT2D eigenvalue weighted by molar-refractivity contribution is -0.133. The van der Waals surface area contributed by atoms with Gasteiger partial charge in [-0.05, 0) is 48.6 Å². The molecule has 0 unspecified atom stereocenters. The molecule has 10 heteroatoms. The van der Waals surface area contributed by atoms with E-state index in [1.165, 1.54) is 6.07 Å². The molecule has 0 aliphatic carbocycles. The van der Waals surface area contributed by atoms with Crippen molar-refractivity contribution in [3.8, 4) is 0 Å². The second kappa shape index (κ2) is 15.6. The van der Waals surface area contributed by atoms with E-state index in [0.29, 0.717) is 38.9 Å². The van der Waals surface area contributed by atoms with Crippen molar-refractivity contribution in [2.24, 2.45) is 5.73 Å². The van der Waals surface area contributed by atoms with Gasteiger partial charge >= 0.3 is 0 Å². The summed E-state index contributed by atoms with van der Waals surface area (Å²) in [6.07, 6.45) is 3.92. The van der Waals surface area contributed by atoms with Gasteiger partial charge in [-0.1, -0.05) is 66.7 Å². The van der Waals surface area contributed by atoms with Crippen molar-refractivity contribution >= 4 is 23.8 Å². The summed E-state index contributed by atoms with van der Waals surface area (Å²) < 4.78 is 27.9. The number of halogens is 2. The monoisotopic (exact) mass is 588 g/mol. The maximum Gasteiger partial charge on any atom is 0.244 e. The van der Waals surface area contributed by atoms with Crippen LogP contribution in [-0.4, -0.2) is 60.9 Å². The minimum atomic E-state index is -0.750. The predicted molar refractivity (Wildman–Crippen MR) is 164 cm³/mol. The third-order valence-electron chi connectivity index (χ3n) is 7.51. The van der Waals surface area contributed by atoms with Crippen molar-refractivity contribution in [3.63, 3.8) is 0 Å². The molecule has 8 nitrogen and oxygen atoms in total. The van der Waals surface area contributed by atoms with Gasteiger partial charge in [0.2, 0.25) is 11.8 Å². The van der Waals surface area contributed by atoms with Crippen LogP contribution in [0.4, 0.5) is 8.78 Å². The van der Waals surface area contributed by atoms with Crippen LogP contribution in [0, 0.1) is 17.0 Å². The van der Waals surface area contributed by atoms with Crippen molar-refractivity contribution in [1.82, 2.24) is 20.9 Å². The number of nitrogens with two attached hydrogens (primary N) is 1. The van der Waals surface area contributed by atoms with E-state index in [4.69, 9.17) is 11.1 Å². The summed E-state index contributed by atoms with van der Waals surface area (Å²) in [4.78, 5) is 28.3. The molecule has 43 heavy (non-hydrogen) atoms. The van der Waals surface area contributed by atoms with E-state index in [-0.39, 0.29) is 35.9 Å². The Labute approximate surface area is 250 Å². The lowest BCUT2D eigenvalue weighted by Gasteiger charge is -2.29. The number of amides is 2. The highest BCUT2D eigenvalue weighted by molar-refractivity contribution is 5.91. The van der Waals surface area contributed by atoms with E-state index < -0.39 is 23.6 Å². The first-order valence-electron chi connectivity index (χ1n) is 14.4. The van der Waals surface area contributed by atoms with Gasteiger partial charge in [0.05, 0.1) is 6.04 Å². The maximum atomic E-state index is 13.9. The molecule has 1 heterocycles. The minimum Gasteiger partial charge on any atom is -0.370 e. The van der Waals surface area contributed by atoms with Crippen molar-refractivity contribution in [3.05, 3.63) is 113 Å². The van der Waals surface area contributed by atoms with Crippen LogP contribution in [0.3, 0.4) is 0 Å². The van der Waals surface area contributed by atoms with Crippen LogP contribution >= 0.6 is 0 Å². The summed E-state index contributed by atoms with van der Waals surface area (Å²) in [5.41, 5.74) is 7.36. The molecule has 1 saturated heterocycles. The summed E-state index contributed by atoms with van der Waals surface area (Å²) >= 11 is 0. The Morgan fingerprint density at radius 1 is 1.00 bits per heavy atom. The van der Waals surface area contributed by atoms with E-state index in [2.05, 4.69) is 40.2 Å². The first kappa shape index (κ1) is 31.4. The molecule has 2 amide bonds. The van der Waals surface area contributed by atoms with Crippen LogP contribution < -0.4 is 21.7 Å². The molecule has 1 fully saturated rings. The highest BCUT2D eigenvalue weighted by atomic mass is 19.1. The van der Waals surface area contributed by atoms with E-state index in [0.717, 1.165) is 35.4 Å². The molecule has 2 atom stereocenters. The van der Waals surface area contributed by atoms with Crippen LogP contribution in [0.15, 0.2) is 84.9 Å². The average molecular weight is 589 g/mol. The normalized spacial score (nSPS) is 17.2. The van der Waals surface area contributed by atoms with Gasteiger partial charge in [0.1, 0.15) is 11.6 Å². The number of hydrogen-bond acceptors (Lipinski definition) is 4. The fourth-order valence-corrected chi connectivity index (χ4v) is 5.27. The molecule has 0 saturated carbocycles. The maximum absolute atomic E-state index is 13.9. The average Bonchev–Trinajstić information content (AvgIpc) is 3.15. The summed E-state index contributed by atoms with van der Waals surface area (Å²) in [6, 6.07) is 23.0. The van der Waals surface area contributed by atoms with Crippen LogP contribution in [-0.2, 0) is 9.59 Å². The van der Waals surface area contributed by atoms with Gasteiger partial charge in [-0.15, -0.1) is 0 Å². The van der Waals surface area contributed by atoms with Gasteiger partial charge in [-0.3, -0.25) is 15.0 Å². The number of benzene rings is 3. The molecule has 0 spiro atoms. The lowest BCUT2D eigenvalue weighted by atomic mass is 9.90. The molecule has 1 aliphatic rings. The zero-order valence-electron chi connectivity index (χ0n) is 23.9. The van der Waals surface area contributed by atoms with Crippen molar-refractivity contribution < 1.29 is 18.4 Å². The number of hydrogen-bond donors (Lipinski definition) is 5. The molecule has 1 aliphatic heterocycles. The molecule has 4 rings (SSSR count). The second-order valence-corrected chi connectivity index (χ2v) is 10.6. The smallest absolute Gasteiger partial charge is 0.244 e. The molecule has 0 aromatic heterocycles. The van der Waals surface area contributed by atoms with Crippen LogP contribution in [0.5, 0.6) is 0 Å². The molecular formula is C33H38F2N6O2. The number of guanidine groups is 1.